The average Bonchev–Trinajstić information content (AvgIpc) is 3.23. The first-order chi connectivity index (χ1) is 10.1. The largest absolute Gasteiger partial charge is 0.352 e. The van der Waals surface area contributed by atoms with Crippen molar-refractivity contribution >= 4 is 5.91 Å². The van der Waals surface area contributed by atoms with E-state index in [2.05, 4.69) is 36.2 Å². The number of hydrogen-bond donors (Lipinski definition) is 1. The van der Waals surface area contributed by atoms with Crippen LogP contribution in [-0.2, 0) is 4.79 Å². The molecular weight excluding hydrogens is 260 g/mol. The van der Waals surface area contributed by atoms with Gasteiger partial charge in [-0.1, -0.05) is 44.2 Å². The summed E-state index contributed by atoms with van der Waals surface area (Å²) in [6, 6.07) is 10.5. The van der Waals surface area contributed by atoms with Gasteiger partial charge in [-0.15, -0.1) is 0 Å². The van der Waals surface area contributed by atoms with Crippen LogP contribution < -0.4 is 5.32 Å². The molecule has 1 heterocycles. The van der Waals surface area contributed by atoms with Crippen molar-refractivity contribution < 1.29 is 4.79 Å². The highest BCUT2D eigenvalue weighted by Gasteiger charge is 2.35. The van der Waals surface area contributed by atoms with Crippen molar-refractivity contribution in [3.05, 3.63) is 35.9 Å². The molecule has 0 spiro atoms. The number of hydrogen-bond acceptors (Lipinski definition) is 2. The molecule has 0 bridgehead atoms. The molecule has 114 valence electrons. The summed E-state index contributed by atoms with van der Waals surface area (Å²) >= 11 is 0. The fourth-order valence-electron chi connectivity index (χ4n) is 3.59. The molecule has 1 amide bonds. The Morgan fingerprint density at radius 3 is 2.33 bits per heavy atom. The highest BCUT2D eigenvalue weighted by Crippen LogP contribution is 2.30. The van der Waals surface area contributed by atoms with Gasteiger partial charge in [-0.3, -0.25) is 9.69 Å². The molecule has 1 saturated heterocycles. The Labute approximate surface area is 127 Å². The second kappa shape index (κ2) is 6.18. The quantitative estimate of drug-likeness (QED) is 0.923. The van der Waals surface area contributed by atoms with Gasteiger partial charge in [-0.2, -0.15) is 0 Å². The molecular formula is C18H26N2O. The number of benzene rings is 1. The van der Waals surface area contributed by atoms with Crippen molar-refractivity contribution in [1.82, 2.24) is 10.2 Å². The van der Waals surface area contributed by atoms with Crippen LogP contribution in [0.4, 0.5) is 0 Å². The fourth-order valence-corrected chi connectivity index (χ4v) is 3.59. The lowest BCUT2D eigenvalue weighted by atomic mass is 9.89. The molecule has 3 rings (SSSR count). The lowest BCUT2D eigenvalue weighted by molar-refractivity contribution is -0.128. The summed E-state index contributed by atoms with van der Waals surface area (Å²) in [7, 11) is 0. The van der Waals surface area contributed by atoms with Crippen LogP contribution in [0.15, 0.2) is 30.3 Å². The van der Waals surface area contributed by atoms with Gasteiger partial charge in [-0.05, 0) is 36.7 Å². The maximum Gasteiger partial charge on any atom is 0.242 e. The Morgan fingerprint density at radius 1 is 1.14 bits per heavy atom. The van der Waals surface area contributed by atoms with Crippen molar-refractivity contribution in [3.63, 3.8) is 0 Å². The molecule has 3 heteroatoms. The summed E-state index contributed by atoms with van der Waals surface area (Å²) in [6.07, 6.45) is 3.54. The smallest absolute Gasteiger partial charge is 0.242 e. The molecule has 3 atom stereocenters. The molecule has 1 aromatic carbocycles. The predicted octanol–water partition coefficient (Wildman–Crippen LogP) is 2.98. The van der Waals surface area contributed by atoms with Crippen LogP contribution in [0.3, 0.4) is 0 Å². The monoisotopic (exact) mass is 286 g/mol. The highest BCUT2D eigenvalue weighted by atomic mass is 16.2. The minimum absolute atomic E-state index is 0.128. The van der Waals surface area contributed by atoms with E-state index in [1.54, 1.807) is 0 Å². The van der Waals surface area contributed by atoms with E-state index >= 15 is 0 Å². The Morgan fingerprint density at radius 2 is 1.76 bits per heavy atom. The summed E-state index contributed by atoms with van der Waals surface area (Å²) in [5.74, 6) is 1.51. The Bertz CT molecular complexity index is 473. The molecule has 2 aliphatic rings. The van der Waals surface area contributed by atoms with Gasteiger partial charge in [0.25, 0.3) is 0 Å². The van der Waals surface area contributed by atoms with Crippen LogP contribution >= 0.6 is 0 Å². The van der Waals surface area contributed by atoms with Gasteiger partial charge in [0.2, 0.25) is 5.91 Å². The fraction of sp³-hybridized carbons (Fsp3) is 0.611. The highest BCUT2D eigenvalue weighted by molar-refractivity contribution is 5.83. The van der Waals surface area contributed by atoms with E-state index in [4.69, 9.17) is 0 Å². The molecule has 21 heavy (non-hydrogen) atoms. The van der Waals surface area contributed by atoms with Gasteiger partial charge in [0, 0.05) is 19.1 Å². The van der Waals surface area contributed by atoms with Crippen LogP contribution in [0.25, 0.3) is 0 Å². The Balaban J connectivity index is 1.82. The Hall–Kier alpha value is -1.35. The number of rotatable bonds is 4. The van der Waals surface area contributed by atoms with E-state index in [9.17, 15) is 4.79 Å². The topological polar surface area (TPSA) is 32.3 Å². The zero-order valence-corrected chi connectivity index (χ0v) is 13.1. The van der Waals surface area contributed by atoms with Crippen molar-refractivity contribution in [2.24, 2.45) is 11.8 Å². The van der Waals surface area contributed by atoms with Crippen LogP contribution in [0.2, 0.25) is 0 Å². The molecule has 1 N–H and O–H groups in total. The van der Waals surface area contributed by atoms with Crippen molar-refractivity contribution in [2.75, 3.05) is 13.1 Å². The zero-order valence-electron chi connectivity index (χ0n) is 13.1. The van der Waals surface area contributed by atoms with Crippen LogP contribution in [0, 0.1) is 11.8 Å². The van der Waals surface area contributed by atoms with E-state index in [1.165, 1.54) is 6.42 Å². The van der Waals surface area contributed by atoms with Crippen molar-refractivity contribution in [3.8, 4) is 0 Å². The summed E-state index contributed by atoms with van der Waals surface area (Å²) in [4.78, 5) is 15.1. The number of amides is 1. The number of carbonyl (C=O) groups excluding carboxylic acids is 1. The standard InChI is InChI=1S/C18H26N2O/c1-13-10-14(2)12-20(11-13)17(15-6-4-3-5-7-15)18(21)19-16-8-9-16/h3-7,13-14,16-17H,8-12H2,1-2H3,(H,19,21)/t13-,14+,17-/m0/s1. The maximum absolute atomic E-state index is 12.8. The Kier molecular flexibility index (Phi) is 4.29. The van der Waals surface area contributed by atoms with Gasteiger partial charge in [-0.25, -0.2) is 0 Å². The third-order valence-corrected chi connectivity index (χ3v) is 4.55. The normalized spacial score (nSPS) is 28.1. The third kappa shape index (κ3) is 3.65. The second-order valence-corrected chi connectivity index (χ2v) is 7.00. The SMILES string of the molecule is C[C@@H]1C[C@H](C)CN([C@H](C(=O)NC2CC2)c2ccccc2)C1. The van der Waals surface area contributed by atoms with E-state index in [0.717, 1.165) is 31.5 Å². The number of piperidine rings is 1. The lowest BCUT2D eigenvalue weighted by Gasteiger charge is -2.39. The third-order valence-electron chi connectivity index (χ3n) is 4.55. The maximum atomic E-state index is 12.8. The number of likely N-dealkylation sites (tertiary alicyclic amines) is 1. The summed E-state index contributed by atoms with van der Waals surface area (Å²) in [5.41, 5.74) is 1.12. The molecule has 1 saturated carbocycles. The van der Waals surface area contributed by atoms with Crippen molar-refractivity contribution in [1.29, 1.82) is 0 Å². The zero-order chi connectivity index (χ0) is 14.8. The minimum atomic E-state index is -0.128. The van der Waals surface area contributed by atoms with Crippen LogP contribution in [0.1, 0.15) is 44.7 Å². The van der Waals surface area contributed by atoms with Gasteiger partial charge in [0.1, 0.15) is 6.04 Å². The van der Waals surface area contributed by atoms with E-state index in [1.807, 2.05) is 18.2 Å². The first-order valence-corrected chi connectivity index (χ1v) is 8.23. The van der Waals surface area contributed by atoms with Gasteiger partial charge < -0.3 is 5.32 Å². The van der Waals surface area contributed by atoms with Crippen LogP contribution in [0.5, 0.6) is 0 Å². The lowest BCUT2D eigenvalue weighted by Crippen LogP contribution is -2.47. The van der Waals surface area contributed by atoms with E-state index in [0.29, 0.717) is 17.9 Å². The molecule has 2 fully saturated rings. The van der Waals surface area contributed by atoms with E-state index < -0.39 is 0 Å². The van der Waals surface area contributed by atoms with Crippen molar-refractivity contribution in [2.45, 2.75) is 45.2 Å². The minimum Gasteiger partial charge on any atom is -0.352 e. The number of nitrogens with one attached hydrogen (secondary N) is 1. The summed E-state index contributed by atoms with van der Waals surface area (Å²) in [6.45, 7) is 6.62. The molecule has 3 nitrogen and oxygen atoms in total. The first-order valence-electron chi connectivity index (χ1n) is 8.23. The van der Waals surface area contributed by atoms with Gasteiger partial charge in [0.05, 0.1) is 0 Å². The molecule has 0 aromatic heterocycles. The summed E-state index contributed by atoms with van der Waals surface area (Å²) in [5, 5.41) is 3.20. The summed E-state index contributed by atoms with van der Waals surface area (Å²) < 4.78 is 0. The number of nitrogens with zero attached hydrogens (tertiary/aromatic N) is 1. The first kappa shape index (κ1) is 14.6. The van der Waals surface area contributed by atoms with Crippen LogP contribution in [-0.4, -0.2) is 29.9 Å². The second-order valence-electron chi connectivity index (χ2n) is 7.00. The predicted molar refractivity (Wildman–Crippen MR) is 84.9 cm³/mol. The molecule has 0 unspecified atom stereocenters. The molecule has 1 aliphatic carbocycles. The molecule has 1 aromatic rings. The van der Waals surface area contributed by atoms with E-state index in [-0.39, 0.29) is 11.9 Å². The van der Waals surface area contributed by atoms with Gasteiger partial charge in [0.15, 0.2) is 0 Å². The average molecular weight is 286 g/mol. The molecule has 1 aliphatic heterocycles. The number of carbonyl (C=O) groups is 1. The van der Waals surface area contributed by atoms with Gasteiger partial charge >= 0.3 is 0 Å². The molecule has 0 radical (unpaired) electrons.